The quantitative estimate of drug-likeness (QED) is 0.383. The Hall–Kier alpha value is -3.32. The van der Waals surface area contributed by atoms with Crippen LogP contribution in [0.5, 0.6) is 11.5 Å². The van der Waals surface area contributed by atoms with Crippen LogP contribution in [0.3, 0.4) is 0 Å². The Labute approximate surface area is 200 Å². The summed E-state index contributed by atoms with van der Waals surface area (Å²) in [5.74, 6) is -0.382. The molecule has 1 aliphatic carbocycles. The molecule has 7 nitrogen and oxygen atoms in total. The van der Waals surface area contributed by atoms with Crippen LogP contribution in [0, 0.1) is 0 Å². The summed E-state index contributed by atoms with van der Waals surface area (Å²) in [5.41, 5.74) is 3.82. The second-order valence-corrected chi connectivity index (χ2v) is 9.10. The smallest absolute Gasteiger partial charge is 0.295 e. The van der Waals surface area contributed by atoms with E-state index in [0.29, 0.717) is 35.7 Å². The molecular formula is C27H32N2O5. The van der Waals surface area contributed by atoms with Gasteiger partial charge in [0.2, 0.25) is 0 Å². The van der Waals surface area contributed by atoms with Crippen LogP contribution in [0.25, 0.3) is 5.76 Å². The summed E-state index contributed by atoms with van der Waals surface area (Å²) >= 11 is 0. The van der Waals surface area contributed by atoms with Gasteiger partial charge < -0.3 is 24.4 Å². The molecule has 1 unspecified atom stereocenters. The van der Waals surface area contributed by atoms with E-state index in [1.54, 1.807) is 25.3 Å². The van der Waals surface area contributed by atoms with Gasteiger partial charge in [-0.05, 0) is 74.7 Å². The van der Waals surface area contributed by atoms with Crippen LogP contribution in [0.15, 0.2) is 42.0 Å². The topological polar surface area (TPSA) is 79.3 Å². The molecule has 34 heavy (non-hydrogen) atoms. The second kappa shape index (κ2) is 9.89. The fourth-order valence-electron chi connectivity index (χ4n) is 4.82. The van der Waals surface area contributed by atoms with Gasteiger partial charge in [0.05, 0.1) is 25.8 Å². The molecule has 1 amide bonds. The molecule has 4 rings (SSSR count). The van der Waals surface area contributed by atoms with Crippen LogP contribution >= 0.6 is 0 Å². The number of methoxy groups -OCH3 is 2. The summed E-state index contributed by atoms with van der Waals surface area (Å²) in [7, 11) is 6.92. The fraction of sp³-hybridized carbons (Fsp3) is 0.407. The van der Waals surface area contributed by atoms with Gasteiger partial charge in [-0.15, -0.1) is 0 Å². The lowest BCUT2D eigenvalue weighted by atomic mass is 9.88. The summed E-state index contributed by atoms with van der Waals surface area (Å²) < 4.78 is 10.8. The number of hydrogen-bond donors (Lipinski definition) is 1. The van der Waals surface area contributed by atoms with Crippen molar-refractivity contribution in [3.8, 4) is 11.5 Å². The predicted octanol–water partition coefficient (Wildman–Crippen LogP) is 3.57. The van der Waals surface area contributed by atoms with E-state index in [0.717, 1.165) is 25.7 Å². The summed E-state index contributed by atoms with van der Waals surface area (Å²) in [4.78, 5) is 29.8. The van der Waals surface area contributed by atoms with Crippen LogP contribution in [0.2, 0.25) is 0 Å². The zero-order chi connectivity index (χ0) is 24.4. The maximum Gasteiger partial charge on any atom is 0.295 e. The number of ketones is 1. The number of ether oxygens (including phenoxy) is 2. The molecule has 1 heterocycles. The van der Waals surface area contributed by atoms with Crippen molar-refractivity contribution in [2.24, 2.45) is 0 Å². The highest BCUT2D eigenvalue weighted by Crippen LogP contribution is 2.42. The van der Waals surface area contributed by atoms with Crippen molar-refractivity contribution in [1.82, 2.24) is 9.80 Å². The van der Waals surface area contributed by atoms with Crippen molar-refractivity contribution >= 4 is 17.4 Å². The summed E-state index contributed by atoms with van der Waals surface area (Å²) in [6, 6.07) is 10.4. The molecule has 7 heteroatoms. The van der Waals surface area contributed by atoms with Gasteiger partial charge in [-0.1, -0.05) is 18.2 Å². The number of nitrogens with zero attached hydrogens (tertiary/aromatic N) is 2. The van der Waals surface area contributed by atoms with Crippen molar-refractivity contribution in [2.75, 3.05) is 41.4 Å². The number of aliphatic hydroxyl groups is 1. The molecule has 1 N–H and O–H groups in total. The van der Waals surface area contributed by atoms with Gasteiger partial charge in [-0.2, -0.15) is 0 Å². The van der Waals surface area contributed by atoms with E-state index in [4.69, 9.17) is 9.47 Å². The zero-order valence-electron chi connectivity index (χ0n) is 20.3. The van der Waals surface area contributed by atoms with Gasteiger partial charge in [0, 0.05) is 18.7 Å². The Morgan fingerprint density at radius 3 is 2.38 bits per heavy atom. The molecule has 2 aliphatic rings. The van der Waals surface area contributed by atoms with Gasteiger partial charge in [0.1, 0.15) is 5.76 Å². The predicted molar refractivity (Wildman–Crippen MR) is 130 cm³/mol. The van der Waals surface area contributed by atoms with Crippen LogP contribution in [0.4, 0.5) is 0 Å². The fourth-order valence-corrected chi connectivity index (χ4v) is 4.82. The van der Waals surface area contributed by atoms with E-state index in [9.17, 15) is 14.7 Å². The van der Waals surface area contributed by atoms with Crippen molar-refractivity contribution in [1.29, 1.82) is 0 Å². The first-order valence-corrected chi connectivity index (χ1v) is 11.6. The van der Waals surface area contributed by atoms with Crippen LogP contribution in [-0.4, -0.2) is 68.0 Å². The van der Waals surface area contributed by atoms with Crippen LogP contribution < -0.4 is 9.47 Å². The zero-order valence-corrected chi connectivity index (χ0v) is 20.3. The molecule has 0 spiro atoms. The maximum absolute atomic E-state index is 13.2. The number of fused-ring (bicyclic) bond motifs is 1. The minimum atomic E-state index is -0.726. The van der Waals surface area contributed by atoms with Gasteiger partial charge in [0.15, 0.2) is 11.5 Å². The SMILES string of the molecule is COc1ccc(C2/C(=C(\O)c3ccc4c(c3)CCCC4)C(=O)C(=O)N2CCN(C)C)cc1OC. The molecule has 2 aromatic carbocycles. The van der Waals surface area contributed by atoms with E-state index >= 15 is 0 Å². The molecule has 1 fully saturated rings. The number of carbonyl (C=O) groups is 2. The van der Waals surface area contributed by atoms with Gasteiger partial charge in [-0.3, -0.25) is 9.59 Å². The number of amides is 1. The molecular weight excluding hydrogens is 432 g/mol. The summed E-state index contributed by atoms with van der Waals surface area (Å²) in [5, 5.41) is 11.4. The molecule has 180 valence electrons. The number of aryl methyl sites for hydroxylation is 2. The van der Waals surface area contributed by atoms with Gasteiger partial charge in [0.25, 0.3) is 11.7 Å². The standard InChI is InChI=1S/C27H32N2O5/c1-28(2)13-14-29-24(19-11-12-21(33-3)22(16-19)34-4)23(26(31)27(29)32)25(30)20-10-9-17-7-5-6-8-18(17)15-20/h9-12,15-16,24,30H,5-8,13-14H2,1-4H3/b25-23+. The number of benzene rings is 2. The van der Waals surface area contributed by atoms with Crippen molar-refractivity contribution < 1.29 is 24.2 Å². The van der Waals surface area contributed by atoms with Crippen molar-refractivity contribution in [2.45, 2.75) is 31.7 Å². The number of rotatable bonds is 7. The lowest BCUT2D eigenvalue weighted by Gasteiger charge is -2.27. The van der Waals surface area contributed by atoms with Gasteiger partial charge >= 0.3 is 0 Å². The molecule has 1 saturated heterocycles. The van der Waals surface area contributed by atoms with Crippen LogP contribution in [-0.2, 0) is 22.4 Å². The highest BCUT2D eigenvalue weighted by atomic mass is 16.5. The third-order valence-corrected chi connectivity index (χ3v) is 6.67. The molecule has 1 aliphatic heterocycles. The third-order valence-electron chi connectivity index (χ3n) is 6.67. The molecule has 2 aromatic rings. The largest absolute Gasteiger partial charge is 0.507 e. The Morgan fingerprint density at radius 1 is 1.00 bits per heavy atom. The van der Waals surface area contributed by atoms with E-state index in [1.807, 2.05) is 37.2 Å². The van der Waals surface area contributed by atoms with Crippen LogP contribution in [0.1, 0.15) is 41.1 Å². The Kier molecular flexibility index (Phi) is 6.93. The lowest BCUT2D eigenvalue weighted by Crippen LogP contribution is -2.35. The number of Topliss-reactive ketones (excluding diaryl/α,β-unsaturated/α-hetero) is 1. The Balaban J connectivity index is 1.85. The minimum absolute atomic E-state index is 0.103. The highest BCUT2D eigenvalue weighted by molar-refractivity contribution is 6.46. The van der Waals surface area contributed by atoms with Crippen molar-refractivity contribution in [3.05, 3.63) is 64.2 Å². The average molecular weight is 465 g/mol. The molecule has 1 atom stereocenters. The molecule has 0 aromatic heterocycles. The monoisotopic (exact) mass is 464 g/mol. The highest BCUT2D eigenvalue weighted by Gasteiger charge is 2.46. The third kappa shape index (κ3) is 4.40. The first-order chi connectivity index (χ1) is 16.3. The number of carbonyl (C=O) groups excluding carboxylic acids is 2. The van der Waals surface area contributed by atoms with E-state index < -0.39 is 17.7 Å². The normalized spacial score (nSPS) is 19.4. The molecule has 0 saturated carbocycles. The van der Waals surface area contributed by atoms with Gasteiger partial charge in [-0.25, -0.2) is 0 Å². The second-order valence-electron chi connectivity index (χ2n) is 9.10. The lowest BCUT2D eigenvalue weighted by molar-refractivity contribution is -0.140. The van der Waals surface area contributed by atoms with E-state index in [2.05, 4.69) is 0 Å². The maximum atomic E-state index is 13.2. The number of likely N-dealkylation sites (tertiary alicyclic amines) is 1. The summed E-state index contributed by atoms with van der Waals surface area (Å²) in [6.07, 6.45) is 4.25. The molecule has 0 bridgehead atoms. The number of hydrogen-bond acceptors (Lipinski definition) is 6. The summed E-state index contributed by atoms with van der Waals surface area (Å²) in [6.45, 7) is 0.924. The molecule has 0 radical (unpaired) electrons. The average Bonchev–Trinajstić information content (AvgIpc) is 3.11. The number of aliphatic hydroxyl groups excluding tert-OH is 1. The first-order valence-electron chi connectivity index (χ1n) is 11.6. The minimum Gasteiger partial charge on any atom is -0.507 e. The Bertz CT molecular complexity index is 1140. The Morgan fingerprint density at radius 2 is 1.71 bits per heavy atom. The van der Waals surface area contributed by atoms with E-state index in [1.165, 1.54) is 23.1 Å². The van der Waals surface area contributed by atoms with E-state index in [-0.39, 0.29) is 11.3 Å². The van der Waals surface area contributed by atoms with Crippen molar-refractivity contribution in [3.63, 3.8) is 0 Å². The number of likely N-dealkylation sites (N-methyl/N-ethyl adjacent to an activating group) is 1. The first kappa shape index (κ1) is 23.8.